The standard InChI is InChI=1S/C43H52N2Si2/c1-27(2)46(28(3)4,29(5)6)17-15-34-25-43(45-14)40(16-18-47(30(7)8,31(9)10)32(11)12)42-24-38-21-36-22-39(26-44)33(13)19-35(36)20-37(38)23-41(34)42/h19-25,27-32H,1-13H3. The van der Waals surface area contributed by atoms with Gasteiger partial charge in [-0.25, -0.2) is 4.85 Å². The summed E-state index contributed by atoms with van der Waals surface area (Å²) >= 11 is 0. The van der Waals surface area contributed by atoms with Crippen LogP contribution in [0.25, 0.3) is 37.2 Å². The van der Waals surface area contributed by atoms with Crippen LogP contribution in [0.3, 0.4) is 0 Å². The lowest BCUT2D eigenvalue weighted by atomic mass is 9.93. The van der Waals surface area contributed by atoms with Crippen LogP contribution in [0.4, 0.5) is 5.69 Å². The number of benzene rings is 4. The lowest BCUT2D eigenvalue weighted by Crippen LogP contribution is -2.43. The van der Waals surface area contributed by atoms with Crippen molar-refractivity contribution in [2.75, 3.05) is 0 Å². The molecule has 0 saturated carbocycles. The molecule has 0 aromatic heterocycles. The summed E-state index contributed by atoms with van der Waals surface area (Å²) in [6.45, 7) is 38.4. The molecule has 242 valence electrons. The molecule has 2 nitrogen and oxygen atoms in total. The van der Waals surface area contributed by atoms with Gasteiger partial charge >= 0.3 is 0 Å². The maximum atomic E-state index is 9.71. The van der Waals surface area contributed by atoms with Gasteiger partial charge in [0.05, 0.1) is 18.2 Å². The van der Waals surface area contributed by atoms with E-state index in [9.17, 15) is 5.26 Å². The molecule has 47 heavy (non-hydrogen) atoms. The molecule has 0 N–H and O–H groups in total. The van der Waals surface area contributed by atoms with Gasteiger partial charge in [-0.15, -0.1) is 11.1 Å². The van der Waals surface area contributed by atoms with Crippen LogP contribution < -0.4 is 0 Å². The number of hydrogen-bond donors (Lipinski definition) is 0. The highest BCUT2D eigenvalue weighted by Gasteiger charge is 2.42. The van der Waals surface area contributed by atoms with E-state index >= 15 is 0 Å². The van der Waals surface area contributed by atoms with Crippen molar-refractivity contribution in [3.05, 3.63) is 76.1 Å². The summed E-state index contributed by atoms with van der Waals surface area (Å²) in [6, 6.07) is 17.4. The van der Waals surface area contributed by atoms with Crippen molar-refractivity contribution in [2.24, 2.45) is 0 Å². The van der Waals surface area contributed by atoms with Crippen molar-refractivity contribution in [3.8, 4) is 29.0 Å². The van der Waals surface area contributed by atoms with Crippen LogP contribution in [0, 0.1) is 47.8 Å². The quantitative estimate of drug-likeness (QED) is 0.0881. The molecule has 0 aliphatic heterocycles. The predicted molar refractivity (Wildman–Crippen MR) is 211 cm³/mol. The molecule has 0 aliphatic rings. The van der Waals surface area contributed by atoms with E-state index in [2.05, 4.69) is 147 Å². The van der Waals surface area contributed by atoms with Gasteiger partial charge in [-0.2, -0.15) is 5.26 Å². The Hall–Kier alpha value is -3.81. The van der Waals surface area contributed by atoms with Crippen LogP contribution in [0.2, 0.25) is 33.2 Å². The number of aryl methyl sites for hydroxylation is 1. The summed E-state index contributed by atoms with van der Waals surface area (Å²) in [5, 5.41) is 16.1. The maximum Gasteiger partial charge on any atom is 0.204 e. The van der Waals surface area contributed by atoms with Crippen molar-refractivity contribution >= 4 is 54.2 Å². The van der Waals surface area contributed by atoms with E-state index in [0.29, 0.717) is 44.5 Å². The molecule has 0 unspecified atom stereocenters. The number of nitrogens with zero attached hydrogens (tertiary/aromatic N) is 2. The molecule has 4 aromatic rings. The molecule has 0 bridgehead atoms. The monoisotopic (exact) mass is 652 g/mol. The van der Waals surface area contributed by atoms with Crippen LogP contribution in [0.15, 0.2) is 42.5 Å². The predicted octanol–water partition coefficient (Wildman–Crippen LogP) is 13.0. The average Bonchev–Trinajstić information content (AvgIpc) is 2.98. The molecule has 4 aromatic carbocycles. The Morgan fingerprint density at radius 2 is 0.979 bits per heavy atom. The summed E-state index contributed by atoms with van der Waals surface area (Å²) in [7, 11) is -4.06. The van der Waals surface area contributed by atoms with Gasteiger partial charge in [0.25, 0.3) is 0 Å². The van der Waals surface area contributed by atoms with Crippen molar-refractivity contribution < 1.29 is 0 Å². The Morgan fingerprint density at radius 1 is 0.553 bits per heavy atom. The van der Waals surface area contributed by atoms with Gasteiger partial charge in [0, 0.05) is 11.1 Å². The van der Waals surface area contributed by atoms with Gasteiger partial charge < -0.3 is 0 Å². The molecule has 4 rings (SSSR count). The Bertz CT molecular complexity index is 2020. The number of rotatable bonds is 6. The first-order valence-electron chi connectivity index (χ1n) is 17.4. The van der Waals surface area contributed by atoms with Gasteiger partial charge in [0.2, 0.25) is 5.69 Å². The molecule has 4 heteroatoms. The lowest BCUT2D eigenvalue weighted by Gasteiger charge is -2.38. The molecule has 0 spiro atoms. The van der Waals surface area contributed by atoms with Gasteiger partial charge in [0.15, 0.2) is 0 Å². The highest BCUT2D eigenvalue weighted by Crippen LogP contribution is 2.43. The lowest BCUT2D eigenvalue weighted by molar-refractivity contribution is 0.838. The van der Waals surface area contributed by atoms with E-state index in [4.69, 9.17) is 6.57 Å². The first-order valence-corrected chi connectivity index (χ1v) is 21.8. The minimum atomic E-state index is -2.05. The van der Waals surface area contributed by atoms with Crippen LogP contribution >= 0.6 is 0 Å². The molecule has 0 heterocycles. The van der Waals surface area contributed by atoms with Gasteiger partial charge in [-0.05, 0) is 114 Å². The van der Waals surface area contributed by atoms with Crippen molar-refractivity contribution in [2.45, 2.75) is 123 Å². The van der Waals surface area contributed by atoms with E-state index < -0.39 is 16.1 Å². The summed E-state index contributed by atoms with van der Waals surface area (Å²) in [5.41, 5.74) is 14.9. The van der Waals surface area contributed by atoms with E-state index in [0.717, 1.165) is 49.0 Å². The highest BCUT2D eigenvalue weighted by atomic mass is 28.3. The van der Waals surface area contributed by atoms with Crippen molar-refractivity contribution in [3.63, 3.8) is 0 Å². The summed E-state index contributed by atoms with van der Waals surface area (Å²) in [4.78, 5) is 4.10. The van der Waals surface area contributed by atoms with E-state index in [1.54, 1.807) is 0 Å². The van der Waals surface area contributed by atoms with Crippen LogP contribution in [0.5, 0.6) is 0 Å². The Labute approximate surface area is 286 Å². The van der Waals surface area contributed by atoms with Crippen LogP contribution in [-0.4, -0.2) is 16.1 Å². The van der Waals surface area contributed by atoms with E-state index in [-0.39, 0.29) is 0 Å². The van der Waals surface area contributed by atoms with Crippen molar-refractivity contribution in [1.82, 2.24) is 0 Å². The summed E-state index contributed by atoms with van der Waals surface area (Å²) < 4.78 is 0. The third-order valence-electron chi connectivity index (χ3n) is 11.2. The highest BCUT2D eigenvalue weighted by molar-refractivity contribution is 6.91. The molecule has 0 fully saturated rings. The maximum absolute atomic E-state index is 9.71. The fourth-order valence-electron chi connectivity index (χ4n) is 8.73. The third-order valence-corrected chi connectivity index (χ3v) is 23.7. The van der Waals surface area contributed by atoms with Gasteiger partial charge in [-0.3, -0.25) is 0 Å². The second-order valence-electron chi connectivity index (χ2n) is 15.4. The summed E-state index contributed by atoms with van der Waals surface area (Å²) in [5.74, 6) is 7.41. The topological polar surface area (TPSA) is 28.1 Å². The zero-order valence-corrected chi connectivity index (χ0v) is 32.9. The fourth-order valence-corrected chi connectivity index (χ4v) is 19.2. The zero-order chi connectivity index (χ0) is 35.0. The number of fused-ring (bicyclic) bond motifs is 3. The largest absolute Gasteiger partial charge is 0.237 e. The van der Waals surface area contributed by atoms with Crippen LogP contribution in [0.1, 0.15) is 105 Å². The first kappa shape index (κ1) is 36.0. The van der Waals surface area contributed by atoms with Gasteiger partial charge in [-0.1, -0.05) is 101 Å². The minimum Gasteiger partial charge on any atom is -0.237 e. The Kier molecular flexibility index (Phi) is 10.5. The number of nitriles is 1. The zero-order valence-electron chi connectivity index (χ0n) is 30.9. The van der Waals surface area contributed by atoms with Crippen molar-refractivity contribution in [1.29, 1.82) is 5.26 Å². The molecule has 0 atom stereocenters. The normalized spacial score (nSPS) is 12.3. The molecule has 0 radical (unpaired) electrons. The fraction of sp³-hybridized carbons (Fsp3) is 0.442. The molecule has 0 saturated heterocycles. The second-order valence-corrected chi connectivity index (χ2v) is 26.6. The van der Waals surface area contributed by atoms with E-state index in [1.807, 2.05) is 19.1 Å². The SMILES string of the molecule is [C-]#[N+]c1cc(C#C[Si](C(C)C)(C(C)C)C(C)C)c2cc3cc4cc(C)c(C#N)cc4cc3cc2c1C#C[Si](C(C)C)(C(C)C)C(C)C. The second kappa shape index (κ2) is 13.7. The average molecular weight is 653 g/mol. The summed E-state index contributed by atoms with van der Waals surface area (Å²) in [6.07, 6.45) is 0. The third kappa shape index (κ3) is 6.28. The van der Waals surface area contributed by atoms with Gasteiger partial charge in [0.1, 0.15) is 16.1 Å². The first-order chi connectivity index (χ1) is 22.0. The molecule has 0 aliphatic carbocycles. The Morgan fingerprint density at radius 3 is 1.43 bits per heavy atom. The van der Waals surface area contributed by atoms with E-state index in [1.165, 1.54) is 0 Å². The van der Waals surface area contributed by atoms with Crippen LogP contribution in [-0.2, 0) is 0 Å². The number of hydrogen-bond acceptors (Lipinski definition) is 1. The minimum absolute atomic E-state index is 0.494. The smallest absolute Gasteiger partial charge is 0.204 e. The molecular weight excluding hydrogens is 601 g/mol. The molecular formula is C43H52N2Si2. The molecule has 0 amide bonds. The Balaban J connectivity index is 2.19.